The SMILES string of the molecule is CC[C@@H](C)n1nccc1CNCCCN(CC)CC. The maximum absolute atomic E-state index is 4.41. The standard InChI is InChI=1S/C15H30N4/c1-5-14(4)19-15(9-11-17-19)13-16-10-8-12-18(6-2)7-3/h9,11,14,16H,5-8,10,12-13H2,1-4H3/t14-/m1/s1. The summed E-state index contributed by atoms with van der Waals surface area (Å²) in [6, 6.07) is 2.60. The van der Waals surface area contributed by atoms with Gasteiger partial charge in [0.05, 0.1) is 5.69 Å². The molecule has 0 saturated heterocycles. The summed E-state index contributed by atoms with van der Waals surface area (Å²) in [6.07, 6.45) is 4.23. The Labute approximate surface area is 118 Å². The molecule has 0 aromatic carbocycles. The zero-order valence-corrected chi connectivity index (χ0v) is 13.0. The first kappa shape index (κ1) is 16.2. The van der Waals surface area contributed by atoms with E-state index in [0.29, 0.717) is 6.04 Å². The van der Waals surface area contributed by atoms with Crippen LogP contribution in [0.4, 0.5) is 0 Å². The molecule has 4 heteroatoms. The molecule has 0 aliphatic heterocycles. The summed E-state index contributed by atoms with van der Waals surface area (Å²) in [6.45, 7) is 14.3. The molecule has 1 rings (SSSR count). The molecule has 0 saturated carbocycles. The Hall–Kier alpha value is -0.870. The van der Waals surface area contributed by atoms with Crippen LogP contribution in [0.3, 0.4) is 0 Å². The smallest absolute Gasteiger partial charge is 0.0525 e. The zero-order chi connectivity index (χ0) is 14.1. The summed E-state index contributed by atoms with van der Waals surface area (Å²) in [5, 5.41) is 7.93. The summed E-state index contributed by atoms with van der Waals surface area (Å²) in [5.74, 6) is 0. The molecule has 110 valence electrons. The van der Waals surface area contributed by atoms with Crippen molar-refractivity contribution in [3.8, 4) is 0 Å². The average Bonchev–Trinajstić information content (AvgIpc) is 2.90. The fourth-order valence-corrected chi connectivity index (χ4v) is 2.24. The van der Waals surface area contributed by atoms with Crippen molar-refractivity contribution >= 4 is 0 Å². The van der Waals surface area contributed by atoms with Crippen molar-refractivity contribution in [1.29, 1.82) is 0 Å². The van der Waals surface area contributed by atoms with Gasteiger partial charge >= 0.3 is 0 Å². The van der Waals surface area contributed by atoms with E-state index in [4.69, 9.17) is 0 Å². The van der Waals surface area contributed by atoms with Gasteiger partial charge in [0.25, 0.3) is 0 Å². The molecule has 0 fully saturated rings. The van der Waals surface area contributed by atoms with E-state index in [2.05, 4.69) is 53.8 Å². The monoisotopic (exact) mass is 266 g/mol. The highest BCUT2D eigenvalue weighted by Gasteiger charge is 2.07. The molecular weight excluding hydrogens is 236 g/mol. The lowest BCUT2D eigenvalue weighted by molar-refractivity contribution is 0.297. The predicted molar refractivity (Wildman–Crippen MR) is 81.3 cm³/mol. The molecule has 1 N–H and O–H groups in total. The fourth-order valence-electron chi connectivity index (χ4n) is 2.24. The quantitative estimate of drug-likeness (QED) is 0.661. The number of hydrogen-bond acceptors (Lipinski definition) is 3. The van der Waals surface area contributed by atoms with E-state index in [1.807, 2.05) is 6.20 Å². The summed E-state index contributed by atoms with van der Waals surface area (Å²) < 4.78 is 2.14. The number of rotatable bonds is 10. The Morgan fingerprint density at radius 2 is 2.05 bits per heavy atom. The largest absolute Gasteiger partial charge is 0.311 e. The molecule has 1 atom stereocenters. The molecular formula is C15H30N4. The van der Waals surface area contributed by atoms with Crippen molar-refractivity contribution in [3.05, 3.63) is 18.0 Å². The number of hydrogen-bond donors (Lipinski definition) is 1. The third kappa shape index (κ3) is 5.33. The van der Waals surface area contributed by atoms with Gasteiger partial charge in [0.1, 0.15) is 0 Å². The van der Waals surface area contributed by atoms with Gasteiger partial charge in [0.15, 0.2) is 0 Å². The lowest BCUT2D eigenvalue weighted by atomic mass is 10.2. The Balaban J connectivity index is 2.24. The molecule has 1 heterocycles. The van der Waals surface area contributed by atoms with Crippen molar-refractivity contribution in [2.45, 2.75) is 53.1 Å². The lowest BCUT2D eigenvalue weighted by Crippen LogP contribution is -2.27. The van der Waals surface area contributed by atoms with Crippen LogP contribution in [0.15, 0.2) is 12.3 Å². The van der Waals surface area contributed by atoms with Crippen molar-refractivity contribution in [2.75, 3.05) is 26.2 Å². The van der Waals surface area contributed by atoms with Gasteiger partial charge < -0.3 is 10.2 Å². The number of nitrogens with one attached hydrogen (secondary N) is 1. The summed E-state index contributed by atoms with van der Waals surface area (Å²) in [4.78, 5) is 2.46. The van der Waals surface area contributed by atoms with Gasteiger partial charge in [0.2, 0.25) is 0 Å². The number of nitrogens with zero attached hydrogens (tertiary/aromatic N) is 3. The van der Waals surface area contributed by atoms with E-state index in [9.17, 15) is 0 Å². The van der Waals surface area contributed by atoms with Crippen molar-refractivity contribution < 1.29 is 0 Å². The van der Waals surface area contributed by atoms with Crippen LogP contribution in [0, 0.1) is 0 Å². The Morgan fingerprint density at radius 1 is 1.32 bits per heavy atom. The van der Waals surface area contributed by atoms with Gasteiger partial charge in [0, 0.05) is 18.8 Å². The van der Waals surface area contributed by atoms with E-state index < -0.39 is 0 Å². The van der Waals surface area contributed by atoms with Gasteiger partial charge in [-0.1, -0.05) is 20.8 Å². The van der Waals surface area contributed by atoms with Gasteiger partial charge in [-0.2, -0.15) is 5.10 Å². The van der Waals surface area contributed by atoms with E-state index in [1.165, 1.54) is 18.7 Å². The van der Waals surface area contributed by atoms with Crippen LogP contribution >= 0.6 is 0 Å². The van der Waals surface area contributed by atoms with Gasteiger partial charge in [-0.15, -0.1) is 0 Å². The molecule has 0 spiro atoms. The summed E-state index contributed by atoms with van der Waals surface area (Å²) in [5.41, 5.74) is 1.29. The Bertz CT molecular complexity index is 331. The third-order valence-corrected chi connectivity index (χ3v) is 3.79. The van der Waals surface area contributed by atoms with Crippen molar-refractivity contribution in [2.24, 2.45) is 0 Å². The molecule has 0 bridgehead atoms. The molecule has 0 amide bonds. The average molecular weight is 266 g/mol. The van der Waals surface area contributed by atoms with E-state index in [0.717, 1.165) is 32.6 Å². The molecule has 0 unspecified atom stereocenters. The molecule has 4 nitrogen and oxygen atoms in total. The summed E-state index contributed by atoms with van der Waals surface area (Å²) >= 11 is 0. The maximum atomic E-state index is 4.41. The third-order valence-electron chi connectivity index (χ3n) is 3.79. The molecule has 0 aliphatic rings. The van der Waals surface area contributed by atoms with Crippen molar-refractivity contribution in [3.63, 3.8) is 0 Å². The number of aromatic nitrogens is 2. The second kappa shape index (κ2) is 9.10. The normalized spacial score (nSPS) is 13.1. The molecule has 19 heavy (non-hydrogen) atoms. The highest BCUT2D eigenvalue weighted by molar-refractivity contribution is 5.01. The molecule has 1 aromatic rings. The van der Waals surface area contributed by atoms with Gasteiger partial charge in [-0.05, 0) is 52.0 Å². The van der Waals surface area contributed by atoms with E-state index in [1.54, 1.807) is 0 Å². The highest BCUT2D eigenvalue weighted by Crippen LogP contribution is 2.11. The summed E-state index contributed by atoms with van der Waals surface area (Å²) in [7, 11) is 0. The predicted octanol–water partition coefficient (Wildman–Crippen LogP) is 2.68. The molecule has 1 aromatic heterocycles. The minimum Gasteiger partial charge on any atom is -0.311 e. The first-order valence-corrected chi connectivity index (χ1v) is 7.68. The first-order valence-electron chi connectivity index (χ1n) is 7.68. The van der Waals surface area contributed by atoms with Crippen LogP contribution in [0.2, 0.25) is 0 Å². The van der Waals surface area contributed by atoms with Crippen LogP contribution in [0.25, 0.3) is 0 Å². The fraction of sp³-hybridized carbons (Fsp3) is 0.800. The van der Waals surface area contributed by atoms with Crippen LogP contribution in [-0.4, -0.2) is 40.9 Å². The van der Waals surface area contributed by atoms with Crippen LogP contribution < -0.4 is 5.32 Å². The Kier molecular flexibility index (Phi) is 7.75. The minimum atomic E-state index is 0.488. The van der Waals surface area contributed by atoms with Crippen LogP contribution in [-0.2, 0) is 6.54 Å². The van der Waals surface area contributed by atoms with Gasteiger partial charge in [-0.3, -0.25) is 4.68 Å². The van der Waals surface area contributed by atoms with E-state index in [-0.39, 0.29) is 0 Å². The molecule has 0 radical (unpaired) electrons. The second-order valence-corrected chi connectivity index (χ2v) is 5.08. The minimum absolute atomic E-state index is 0.488. The van der Waals surface area contributed by atoms with E-state index >= 15 is 0 Å². The Morgan fingerprint density at radius 3 is 2.68 bits per heavy atom. The van der Waals surface area contributed by atoms with Crippen LogP contribution in [0.5, 0.6) is 0 Å². The lowest BCUT2D eigenvalue weighted by Gasteiger charge is -2.18. The highest BCUT2D eigenvalue weighted by atomic mass is 15.3. The van der Waals surface area contributed by atoms with Crippen LogP contribution in [0.1, 0.15) is 52.3 Å². The maximum Gasteiger partial charge on any atom is 0.0525 e. The topological polar surface area (TPSA) is 33.1 Å². The first-order chi connectivity index (χ1) is 9.22. The second-order valence-electron chi connectivity index (χ2n) is 5.08. The molecule has 0 aliphatic carbocycles. The zero-order valence-electron chi connectivity index (χ0n) is 13.0. The van der Waals surface area contributed by atoms with Gasteiger partial charge in [-0.25, -0.2) is 0 Å². The van der Waals surface area contributed by atoms with Crippen molar-refractivity contribution in [1.82, 2.24) is 20.0 Å².